The zero-order valence-corrected chi connectivity index (χ0v) is 11.3. The zero-order chi connectivity index (χ0) is 13.1. The minimum absolute atomic E-state index is 0.550. The SMILES string of the molecule is OC1(c2ccccn2)CCC(N[C@H]2CCNC2)CC1. The van der Waals surface area contributed by atoms with Gasteiger partial charge in [-0.05, 0) is 50.8 Å². The van der Waals surface area contributed by atoms with Gasteiger partial charge in [0.05, 0.1) is 5.69 Å². The molecule has 1 aromatic heterocycles. The summed E-state index contributed by atoms with van der Waals surface area (Å²) in [4.78, 5) is 4.32. The molecule has 104 valence electrons. The molecule has 2 aliphatic rings. The van der Waals surface area contributed by atoms with Crippen LogP contribution in [-0.2, 0) is 5.60 Å². The number of aromatic nitrogens is 1. The third-order valence-electron chi connectivity index (χ3n) is 4.49. The first kappa shape index (κ1) is 13.0. The Morgan fingerprint density at radius 1 is 1.21 bits per heavy atom. The molecular formula is C15H23N3O. The molecule has 3 rings (SSSR count). The lowest BCUT2D eigenvalue weighted by Gasteiger charge is -2.36. The number of nitrogens with one attached hydrogen (secondary N) is 2. The van der Waals surface area contributed by atoms with Gasteiger partial charge in [0.1, 0.15) is 5.60 Å². The third kappa shape index (κ3) is 2.96. The minimum atomic E-state index is -0.715. The van der Waals surface area contributed by atoms with Crippen molar-refractivity contribution in [2.45, 2.75) is 49.8 Å². The van der Waals surface area contributed by atoms with Gasteiger partial charge in [-0.15, -0.1) is 0 Å². The summed E-state index contributed by atoms with van der Waals surface area (Å²) in [6, 6.07) is 6.95. The number of pyridine rings is 1. The van der Waals surface area contributed by atoms with E-state index in [1.54, 1.807) is 6.20 Å². The Labute approximate surface area is 114 Å². The van der Waals surface area contributed by atoms with Crippen LogP contribution < -0.4 is 10.6 Å². The first-order chi connectivity index (χ1) is 9.26. The van der Waals surface area contributed by atoms with Crippen molar-refractivity contribution < 1.29 is 5.11 Å². The van der Waals surface area contributed by atoms with Crippen molar-refractivity contribution in [1.82, 2.24) is 15.6 Å². The standard InChI is InChI=1S/C15H23N3O/c19-15(14-3-1-2-9-17-14)7-4-12(5-8-15)18-13-6-10-16-11-13/h1-3,9,12-13,16,18-19H,4-8,10-11H2/t12?,13-,15?/m0/s1. The van der Waals surface area contributed by atoms with Crippen LogP contribution in [0.25, 0.3) is 0 Å². The summed E-state index contributed by atoms with van der Waals surface area (Å²) in [5.41, 5.74) is 0.115. The fourth-order valence-corrected chi connectivity index (χ4v) is 3.29. The van der Waals surface area contributed by atoms with Gasteiger partial charge in [-0.3, -0.25) is 4.98 Å². The molecule has 4 nitrogen and oxygen atoms in total. The van der Waals surface area contributed by atoms with Crippen molar-refractivity contribution in [3.8, 4) is 0 Å². The first-order valence-electron chi connectivity index (χ1n) is 7.37. The summed E-state index contributed by atoms with van der Waals surface area (Å²) < 4.78 is 0. The van der Waals surface area contributed by atoms with E-state index in [0.717, 1.165) is 44.5 Å². The van der Waals surface area contributed by atoms with Gasteiger partial charge >= 0.3 is 0 Å². The fraction of sp³-hybridized carbons (Fsp3) is 0.667. The van der Waals surface area contributed by atoms with E-state index in [-0.39, 0.29) is 0 Å². The Kier molecular flexibility index (Phi) is 3.82. The van der Waals surface area contributed by atoms with E-state index in [9.17, 15) is 5.11 Å². The van der Waals surface area contributed by atoms with E-state index in [4.69, 9.17) is 0 Å². The highest BCUT2D eigenvalue weighted by molar-refractivity contribution is 5.14. The van der Waals surface area contributed by atoms with Gasteiger partial charge in [-0.2, -0.15) is 0 Å². The molecule has 0 unspecified atom stereocenters. The molecule has 2 fully saturated rings. The van der Waals surface area contributed by atoms with E-state index in [1.165, 1.54) is 6.42 Å². The largest absolute Gasteiger partial charge is 0.384 e. The molecule has 2 heterocycles. The highest BCUT2D eigenvalue weighted by atomic mass is 16.3. The van der Waals surface area contributed by atoms with Crippen LogP contribution in [0.5, 0.6) is 0 Å². The van der Waals surface area contributed by atoms with Crippen LogP contribution in [0.2, 0.25) is 0 Å². The minimum Gasteiger partial charge on any atom is -0.384 e. The molecule has 0 bridgehead atoms. The second-order valence-corrected chi connectivity index (χ2v) is 5.88. The smallest absolute Gasteiger partial charge is 0.107 e. The van der Waals surface area contributed by atoms with Gasteiger partial charge in [0.2, 0.25) is 0 Å². The molecule has 1 saturated carbocycles. The summed E-state index contributed by atoms with van der Waals surface area (Å²) in [6.45, 7) is 2.21. The lowest BCUT2D eigenvalue weighted by atomic mass is 9.79. The molecule has 3 N–H and O–H groups in total. The predicted molar refractivity (Wildman–Crippen MR) is 74.8 cm³/mol. The summed E-state index contributed by atoms with van der Waals surface area (Å²) >= 11 is 0. The van der Waals surface area contributed by atoms with Crippen molar-refractivity contribution in [2.75, 3.05) is 13.1 Å². The van der Waals surface area contributed by atoms with Crippen molar-refractivity contribution >= 4 is 0 Å². The topological polar surface area (TPSA) is 57.2 Å². The van der Waals surface area contributed by atoms with Gasteiger partial charge in [0.15, 0.2) is 0 Å². The van der Waals surface area contributed by atoms with Crippen molar-refractivity contribution in [3.05, 3.63) is 30.1 Å². The van der Waals surface area contributed by atoms with Crippen LogP contribution in [0.3, 0.4) is 0 Å². The monoisotopic (exact) mass is 261 g/mol. The number of aliphatic hydroxyl groups is 1. The molecule has 1 aliphatic carbocycles. The fourth-order valence-electron chi connectivity index (χ4n) is 3.29. The summed E-state index contributed by atoms with van der Waals surface area (Å²) in [5.74, 6) is 0. The van der Waals surface area contributed by atoms with Crippen LogP contribution in [-0.4, -0.2) is 35.3 Å². The highest BCUT2D eigenvalue weighted by Crippen LogP contribution is 2.36. The normalized spacial score (nSPS) is 35.4. The summed E-state index contributed by atoms with van der Waals surface area (Å²) in [6.07, 6.45) is 6.67. The molecular weight excluding hydrogens is 238 g/mol. The Hall–Kier alpha value is -0.970. The molecule has 1 aliphatic heterocycles. The molecule has 1 saturated heterocycles. The van der Waals surface area contributed by atoms with E-state index in [0.29, 0.717) is 12.1 Å². The molecule has 1 aromatic rings. The third-order valence-corrected chi connectivity index (χ3v) is 4.49. The van der Waals surface area contributed by atoms with Gasteiger partial charge < -0.3 is 15.7 Å². The molecule has 19 heavy (non-hydrogen) atoms. The Balaban J connectivity index is 1.56. The second kappa shape index (κ2) is 5.57. The Bertz CT molecular complexity index is 395. The highest BCUT2D eigenvalue weighted by Gasteiger charge is 2.36. The van der Waals surface area contributed by atoms with Gasteiger partial charge in [-0.25, -0.2) is 0 Å². The first-order valence-corrected chi connectivity index (χ1v) is 7.37. The lowest BCUT2D eigenvalue weighted by Crippen LogP contribution is -2.44. The molecule has 0 radical (unpaired) electrons. The summed E-state index contributed by atoms with van der Waals surface area (Å²) in [5, 5.41) is 17.8. The van der Waals surface area contributed by atoms with E-state index in [2.05, 4.69) is 15.6 Å². The second-order valence-electron chi connectivity index (χ2n) is 5.88. The maximum Gasteiger partial charge on any atom is 0.107 e. The molecule has 0 aromatic carbocycles. The number of hydrogen-bond donors (Lipinski definition) is 3. The zero-order valence-electron chi connectivity index (χ0n) is 11.3. The average Bonchev–Trinajstić information content (AvgIpc) is 2.96. The average molecular weight is 261 g/mol. The van der Waals surface area contributed by atoms with Gasteiger partial charge in [0.25, 0.3) is 0 Å². The molecule has 0 spiro atoms. The maximum atomic E-state index is 10.7. The van der Waals surface area contributed by atoms with E-state index < -0.39 is 5.60 Å². The van der Waals surface area contributed by atoms with Crippen LogP contribution in [0.15, 0.2) is 24.4 Å². The summed E-state index contributed by atoms with van der Waals surface area (Å²) in [7, 11) is 0. The maximum absolute atomic E-state index is 10.7. The van der Waals surface area contributed by atoms with E-state index in [1.807, 2.05) is 18.2 Å². The predicted octanol–water partition coefficient (Wildman–Crippen LogP) is 1.16. The Morgan fingerprint density at radius 2 is 2.05 bits per heavy atom. The number of rotatable bonds is 3. The number of nitrogens with zero attached hydrogens (tertiary/aromatic N) is 1. The molecule has 4 heteroatoms. The van der Waals surface area contributed by atoms with Crippen LogP contribution >= 0.6 is 0 Å². The van der Waals surface area contributed by atoms with Crippen LogP contribution in [0.1, 0.15) is 37.8 Å². The Morgan fingerprint density at radius 3 is 2.68 bits per heavy atom. The van der Waals surface area contributed by atoms with E-state index >= 15 is 0 Å². The van der Waals surface area contributed by atoms with Crippen molar-refractivity contribution in [2.24, 2.45) is 0 Å². The lowest BCUT2D eigenvalue weighted by molar-refractivity contribution is -0.0130. The quantitative estimate of drug-likeness (QED) is 0.764. The molecule has 1 atom stereocenters. The number of hydrogen-bond acceptors (Lipinski definition) is 4. The van der Waals surface area contributed by atoms with Crippen molar-refractivity contribution in [1.29, 1.82) is 0 Å². The van der Waals surface area contributed by atoms with Crippen LogP contribution in [0, 0.1) is 0 Å². The van der Waals surface area contributed by atoms with Crippen molar-refractivity contribution in [3.63, 3.8) is 0 Å². The van der Waals surface area contributed by atoms with Gasteiger partial charge in [0, 0.05) is 24.8 Å². The van der Waals surface area contributed by atoms with Gasteiger partial charge in [-0.1, -0.05) is 6.07 Å². The molecule has 0 amide bonds. The van der Waals surface area contributed by atoms with Crippen LogP contribution in [0.4, 0.5) is 0 Å².